The second-order valence-corrected chi connectivity index (χ2v) is 9.51. The molecule has 0 radical (unpaired) electrons. The first-order valence-electron chi connectivity index (χ1n) is 12.1. The van der Waals surface area contributed by atoms with Gasteiger partial charge in [0.05, 0.1) is 35.9 Å². The van der Waals surface area contributed by atoms with Crippen molar-refractivity contribution in [1.82, 2.24) is 14.1 Å². The van der Waals surface area contributed by atoms with E-state index in [0.717, 1.165) is 44.4 Å². The van der Waals surface area contributed by atoms with E-state index in [2.05, 4.69) is 23.2 Å². The first kappa shape index (κ1) is 22.8. The van der Waals surface area contributed by atoms with Gasteiger partial charge in [-0.3, -0.25) is 4.79 Å². The van der Waals surface area contributed by atoms with E-state index >= 15 is 0 Å². The molecule has 7 nitrogen and oxygen atoms in total. The number of nitrogens with zero attached hydrogens (tertiary/aromatic N) is 4. The highest BCUT2D eigenvalue weighted by atomic mass is 16.5. The number of rotatable bonds is 1. The summed E-state index contributed by atoms with van der Waals surface area (Å²) in [4.78, 5) is 17.3. The number of aromatic nitrogens is 3. The van der Waals surface area contributed by atoms with E-state index in [1.54, 1.807) is 36.3 Å². The highest BCUT2D eigenvalue weighted by molar-refractivity contribution is 5.95. The van der Waals surface area contributed by atoms with Gasteiger partial charge in [0, 0.05) is 32.0 Å². The van der Waals surface area contributed by atoms with Crippen LogP contribution in [0.2, 0.25) is 0 Å². The lowest BCUT2D eigenvalue weighted by Crippen LogP contribution is -2.41. The van der Waals surface area contributed by atoms with Crippen LogP contribution in [-0.4, -0.2) is 20.7 Å². The average Bonchev–Trinajstić information content (AvgIpc) is 3.36. The maximum atomic E-state index is 12.9. The predicted molar refractivity (Wildman–Crippen MR) is 142 cm³/mol. The van der Waals surface area contributed by atoms with Gasteiger partial charge in [-0.05, 0) is 52.1 Å². The van der Waals surface area contributed by atoms with Crippen LogP contribution < -0.4 is 16.0 Å². The molecule has 6 rings (SSSR count). The highest BCUT2D eigenvalue weighted by Crippen LogP contribution is 2.39. The van der Waals surface area contributed by atoms with Gasteiger partial charge < -0.3 is 19.6 Å². The molecule has 0 fully saturated rings. The summed E-state index contributed by atoms with van der Waals surface area (Å²) in [5.41, 5.74) is 12.7. The van der Waals surface area contributed by atoms with Gasteiger partial charge >= 0.3 is 0 Å². The molecular weight excluding hydrogens is 462 g/mol. The fourth-order valence-corrected chi connectivity index (χ4v) is 5.30. The summed E-state index contributed by atoms with van der Waals surface area (Å²) in [5.74, 6) is 0.495. The zero-order chi connectivity index (χ0) is 25.7. The van der Waals surface area contributed by atoms with Crippen molar-refractivity contribution >= 4 is 10.9 Å². The zero-order valence-electron chi connectivity index (χ0n) is 20.6. The molecule has 1 aliphatic heterocycles. The molecule has 182 valence electrons. The molecule has 37 heavy (non-hydrogen) atoms. The number of nitriles is 1. The van der Waals surface area contributed by atoms with Crippen LogP contribution in [0.25, 0.3) is 22.0 Å². The minimum absolute atomic E-state index is 0.0764. The predicted octanol–water partition coefficient (Wildman–Crippen LogP) is 4.00. The number of hydrogen-bond donors (Lipinski definition) is 1. The SMILES string of the molecule is Cn1cncc1[C@@]1(N)c2ccc(C#N)c(c2)OCCc2cccc(c2)-c2cc(=O)n(C)c3ccc1cc23. The molecule has 2 aromatic heterocycles. The molecule has 0 unspecified atom stereocenters. The van der Waals surface area contributed by atoms with Crippen molar-refractivity contribution in [2.45, 2.75) is 12.0 Å². The van der Waals surface area contributed by atoms with Gasteiger partial charge in [0.2, 0.25) is 0 Å². The third-order valence-corrected chi connectivity index (χ3v) is 7.37. The molecule has 0 saturated carbocycles. The second-order valence-electron chi connectivity index (χ2n) is 9.51. The van der Waals surface area contributed by atoms with Crippen molar-refractivity contribution < 1.29 is 4.74 Å². The number of nitrogens with two attached hydrogens (primary N) is 1. The topological polar surface area (TPSA) is 98.9 Å². The van der Waals surface area contributed by atoms with Crippen LogP contribution >= 0.6 is 0 Å². The summed E-state index contributed by atoms with van der Waals surface area (Å²) >= 11 is 0. The van der Waals surface area contributed by atoms with E-state index in [1.807, 2.05) is 54.1 Å². The number of fused-ring (bicyclic) bond motifs is 6. The molecule has 0 amide bonds. The van der Waals surface area contributed by atoms with Gasteiger partial charge in [0.25, 0.3) is 5.56 Å². The number of benzene rings is 3. The maximum Gasteiger partial charge on any atom is 0.251 e. The summed E-state index contributed by atoms with van der Waals surface area (Å²) in [5, 5.41) is 10.7. The third kappa shape index (κ3) is 3.53. The van der Waals surface area contributed by atoms with E-state index in [0.29, 0.717) is 24.3 Å². The molecule has 1 aliphatic rings. The van der Waals surface area contributed by atoms with Gasteiger partial charge in [0.15, 0.2) is 0 Å². The van der Waals surface area contributed by atoms with Crippen molar-refractivity contribution in [3.8, 4) is 22.9 Å². The molecule has 3 aromatic carbocycles. The highest BCUT2D eigenvalue weighted by Gasteiger charge is 2.36. The maximum absolute atomic E-state index is 12.9. The fourth-order valence-electron chi connectivity index (χ4n) is 5.30. The minimum atomic E-state index is -1.11. The molecule has 0 aliphatic carbocycles. The van der Waals surface area contributed by atoms with Crippen LogP contribution in [0, 0.1) is 11.3 Å². The molecule has 0 spiro atoms. The lowest BCUT2D eigenvalue weighted by Gasteiger charge is -2.32. The minimum Gasteiger partial charge on any atom is -0.492 e. The van der Waals surface area contributed by atoms with Crippen LogP contribution in [0.4, 0.5) is 0 Å². The standard InChI is InChI=1S/C30H25N5O2/c1-34-18-33-17-28(34)30(32)22-8-9-26-25(13-22)24(15-29(36)35(26)2)20-5-3-4-19(12-20)10-11-37-27-14-23(30)7-6-21(27)16-31/h3-9,12-15,17-18H,10-11,32H2,1-2H3/t30-/m0/s1. The Bertz CT molecular complexity index is 1790. The molecule has 1 atom stereocenters. The van der Waals surface area contributed by atoms with E-state index in [9.17, 15) is 10.1 Å². The van der Waals surface area contributed by atoms with Crippen molar-refractivity contribution in [3.63, 3.8) is 0 Å². The Labute approximate surface area is 214 Å². The van der Waals surface area contributed by atoms with Gasteiger partial charge in [-0.15, -0.1) is 0 Å². The largest absolute Gasteiger partial charge is 0.492 e. The smallest absolute Gasteiger partial charge is 0.251 e. The van der Waals surface area contributed by atoms with Crippen molar-refractivity contribution in [2.24, 2.45) is 19.8 Å². The number of ether oxygens (including phenoxy) is 1. The van der Waals surface area contributed by atoms with Gasteiger partial charge in [0.1, 0.15) is 17.4 Å². The van der Waals surface area contributed by atoms with E-state index in [4.69, 9.17) is 10.5 Å². The first-order valence-corrected chi connectivity index (χ1v) is 12.1. The molecule has 5 aromatic rings. The normalized spacial score (nSPS) is 16.7. The van der Waals surface area contributed by atoms with Crippen LogP contribution in [-0.2, 0) is 26.1 Å². The monoisotopic (exact) mass is 487 g/mol. The lowest BCUT2D eigenvalue weighted by molar-refractivity contribution is 0.320. The average molecular weight is 488 g/mol. The zero-order valence-corrected chi connectivity index (χ0v) is 20.6. The Morgan fingerprint density at radius 3 is 2.65 bits per heavy atom. The van der Waals surface area contributed by atoms with Crippen LogP contribution in [0.15, 0.2) is 84.0 Å². The molecule has 3 heterocycles. The molecule has 7 heteroatoms. The summed E-state index contributed by atoms with van der Waals surface area (Å²) in [6.45, 7) is 0.391. The summed E-state index contributed by atoms with van der Waals surface area (Å²) < 4.78 is 9.70. The molecular formula is C30H25N5O2. The van der Waals surface area contributed by atoms with E-state index in [1.165, 1.54) is 0 Å². The molecule has 0 saturated heterocycles. The van der Waals surface area contributed by atoms with E-state index in [-0.39, 0.29) is 5.56 Å². The number of pyridine rings is 1. The van der Waals surface area contributed by atoms with E-state index < -0.39 is 5.54 Å². The third-order valence-electron chi connectivity index (χ3n) is 7.37. The lowest BCUT2D eigenvalue weighted by atomic mass is 9.79. The van der Waals surface area contributed by atoms with Gasteiger partial charge in [-0.2, -0.15) is 5.26 Å². The fraction of sp³-hybridized carbons (Fsp3) is 0.167. The number of imidazole rings is 1. The number of hydrogen-bond acceptors (Lipinski definition) is 5. The Kier molecular flexibility index (Phi) is 5.21. The Balaban J connectivity index is 1.75. The van der Waals surface area contributed by atoms with Crippen molar-refractivity contribution in [1.29, 1.82) is 5.26 Å². The van der Waals surface area contributed by atoms with Crippen molar-refractivity contribution in [2.75, 3.05) is 6.61 Å². The van der Waals surface area contributed by atoms with Crippen molar-refractivity contribution in [3.05, 3.63) is 118 Å². The van der Waals surface area contributed by atoms with Gasteiger partial charge in [-0.1, -0.05) is 36.4 Å². The van der Waals surface area contributed by atoms with Crippen LogP contribution in [0.1, 0.15) is 27.9 Å². The molecule has 6 bridgehead atoms. The summed E-state index contributed by atoms with van der Waals surface area (Å²) in [6, 6.07) is 23.5. The molecule has 2 N–H and O–H groups in total. The number of aryl methyl sites for hydroxylation is 2. The quantitative estimate of drug-likeness (QED) is 0.385. The first-order chi connectivity index (χ1) is 17.9. The van der Waals surface area contributed by atoms with Gasteiger partial charge in [-0.25, -0.2) is 4.98 Å². The van der Waals surface area contributed by atoms with Crippen LogP contribution in [0.5, 0.6) is 5.75 Å². The Morgan fingerprint density at radius 1 is 1.05 bits per heavy atom. The second kappa shape index (κ2) is 8.47. The summed E-state index contributed by atoms with van der Waals surface area (Å²) in [7, 11) is 3.69. The summed E-state index contributed by atoms with van der Waals surface area (Å²) in [6.07, 6.45) is 4.13. The Hall–Kier alpha value is -4.67. The van der Waals surface area contributed by atoms with Crippen LogP contribution in [0.3, 0.4) is 0 Å². The Morgan fingerprint density at radius 2 is 1.86 bits per heavy atom.